The van der Waals surface area contributed by atoms with E-state index >= 15 is 0 Å². The van der Waals surface area contributed by atoms with Gasteiger partial charge in [0.1, 0.15) is 0 Å². The van der Waals surface area contributed by atoms with Crippen molar-refractivity contribution in [3.05, 3.63) is 23.9 Å². The van der Waals surface area contributed by atoms with Gasteiger partial charge in [-0.2, -0.15) is 0 Å². The van der Waals surface area contributed by atoms with Crippen LogP contribution in [0.4, 0.5) is 0 Å². The van der Waals surface area contributed by atoms with Crippen molar-refractivity contribution in [2.75, 3.05) is 7.05 Å². The van der Waals surface area contributed by atoms with E-state index in [-0.39, 0.29) is 34.7 Å². The van der Waals surface area contributed by atoms with Gasteiger partial charge in [-0.05, 0) is 83.0 Å². The van der Waals surface area contributed by atoms with Gasteiger partial charge in [-0.25, -0.2) is 0 Å². The Kier molecular flexibility index (Phi) is 5.22. The molecule has 0 saturated heterocycles. The number of carbonyl (C=O) groups is 2. The molecule has 2 saturated carbocycles. The molecule has 2 amide bonds. The number of amides is 2. The zero-order valence-electron chi connectivity index (χ0n) is 19.9. The highest BCUT2D eigenvalue weighted by molar-refractivity contribution is 5.90. The fourth-order valence-corrected chi connectivity index (χ4v) is 7.89. The Labute approximate surface area is 182 Å². The third-order valence-corrected chi connectivity index (χ3v) is 9.27. The Balaban J connectivity index is 1.64. The van der Waals surface area contributed by atoms with Crippen LogP contribution in [0.5, 0.6) is 0 Å². The van der Waals surface area contributed by atoms with E-state index in [9.17, 15) is 9.59 Å². The first kappa shape index (κ1) is 21.6. The van der Waals surface area contributed by atoms with Crippen molar-refractivity contribution < 1.29 is 9.59 Å². The summed E-state index contributed by atoms with van der Waals surface area (Å²) in [5.41, 5.74) is 1.23. The number of allylic oxidation sites excluding steroid dienone is 2. The molecule has 0 aromatic heterocycles. The van der Waals surface area contributed by atoms with Crippen LogP contribution in [0.15, 0.2) is 23.9 Å². The van der Waals surface area contributed by atoms with Crippen molar-refractivity contribution in [3.63, 3.8) is 0 Å². The average molecular weight is 413 g/mol. The molecule has 166 valence electrons. The van der Waals surface area contributed by atoms with E-state index in [0.717, 1.165) is 32.1 Å². The van der Waals surface area contributed by atoms with Gasteiger partial charge in [0.25, 0.3) is 0 Å². The predicted molar refractivity (Wildman–Crippen MR) is 120 cm³/mol. The minimum absolute atomic E-state index is 0.0586. The van der Waals surface area contributed by atoms with Crippen LogP contribution in [0.2, 0.25) is 0 Å². The van der Waals surface area contributed by atoms with E-state index in [1.54, 1.807) is 6.08 Å². The second-order valence-electron chi connectivity index (χ2n) is 11.3. The summed E-state index contributed by atoms with van der Waals surface area (Å²) in [4.78, 5) is 29.9. The van der Waals surface area contributed by atoms with Gasteiger partial charge in [-0.1, -0.05) is 26.0 Å². The van der Waals surface area contributed by atoms with Gasteiger partial charge in [0, 0.05) is 42.2 Å². The van der Waals surface area contributed by atoms with Crippen LogP contribution in [-0.4, -0.2) is 40.7 Å². The van der Waals surface area contributed by atoms with Gasteiger partial charge >= 0.3 is 0 Å². The zero-order chi connectivity index (χ0) is 22.0. The van der Waals surface area contributed by atoms with Gasteiger partial charge in [-0.3, -0.25) is 9.59 Å². The highest BCUT2D eigenvalue weighted by Gasteiger charge is 2.60. The Bertz CT molecular complexity index is 789. The summed E-state index contributed by atoms with van der Waals surface area (Å²) in [6.07, 6.45) is 11.8. The number of nitrogens with zero attached hydrogens (tertiary/aromatic N) is 2. The molecule has 0 aromatic carbocycles. The molecule has 0 spiro atoms. The number of likely N-dealkylation sites (N-methyl/N-ethyl adjacent to an activating group) is 1. The maximum Gasteiger partial charge on any atom is 0.250 e. The maximum atomic E-state index is 13.7. The van der Waals surface area contributed by atoms with Crippen LogP contribution >= 0.6 is 0 Å². The van der Waals surface area contributed by atoms with Crippen LogP contribution < -0.4 is 0 Å². The number of hydrogen-bond acceptors (Lipinski definition) is 2. The van der Waals surface area contributed by atoms with Crippen LogP contribution in [0.1, 0.15) is 73.6 Å². The van der Waals surface area contributed by atoms with E-state index in [0.29, 0.717) is 23.7 Å². The van der Waals surface area contributed by atoms with Crippen molar-refractivity contribution in [1.82, 2.24) is 9.80 Å². The first-order valence-corrected chi connectivity index (χ1v) is 12.0. The van der Waals surface area contributed by atoms with Crippen molar-refractivity contribution >= 4 is 11.8 Å². The fourth-order valence-electron chi connectivity index (χ4n) is 7.89. The molecule has 4 nitrogen and oxygen atoms in total. The number of rotatable bonds is 3. The molecule has 6 atom stereocenters. The Morgan fingerprint density at radius 2 is 1.77 bits per heavy atom. The third-order valence-electron chi connectivity index (χ3n) is 9.27. The van der Waals surface area contributed by atoms with Gasteiger partial charge < -0.3 is 9.80 Å². The Morgan fingerprint density at radius 1 is 1.10 bits per heavy atom. The molecule has 0 N–H and O–H groups in total. The molecule has 3 aliphatic carbocycles. The Morgan fingerprint density at radius 3 is 2.40 bits per heavy atom. The lowest BCUT2D eigenvalue weighted by Crippen LogP contribution is -2.54. The van der Waals surface area contributed by atoms with Crippen molar-refractivity contribution in [3.8, 4) is 0 Å². The topological polar surface area (TPSA) is 40.6 Å². The first-order valence-electron chi connectivity index (χ1n) is 12.0. The van der Waals surface area contributed by atoms with Crippen molar-refractivity contribution in [2.24, 2.45) is 34.5 Å². The number of hydrogen-bond donors (Lipinski definition) is 0. The average Bonchev–Trinajstić information content (AvgIpc) is 3.01. The summed E-state index contributed by atoms with van der Waals surface area (Å²) < 4.78 is 0. The van der Waals surface area contributed by atoms with Gasteiger partial charge in [-0.15, -0.1) is 0 Å². The minimum atomic E-state index is -0.0586. The molecular formula is C26H40N2O2. The molecule has 1 heterocycles. The minimum Gasteiger partial charge on any atom is -0.338 e. The molecule has 4 heteroatoms. The largest absolute Gasteiger partial charge is 0.338 e. The summed E-state index contributed by atoms with van der Waals surface area (Å²) in [6.45, 7) is 13.3. The monoisotopic (exact) mass is 412 g/mol. The standard InChI is InChI=1S/C26H40N2O2/c1-16(2)28(17(3)4)24(30)21-10-9-19-18-8-11-22-26(6,15-13-23(29)27(22)7)20(18)12-14-25(19,21)5/h11,13,15-21H,8-10,12,14H2,1-7H3/t18-,19-,20-,21+,25-,26+/m0/s1. The van der Waals surface area contributed by atoms with E-state index in [2.05, 4.69) is 58.6 Å². The molecule has 0 aromatic rings. The first-order chi connectivity index (χ1) is 14.0. The molecule has 4 rings (SSSR count). The third kappa shape index (κ3) is 2.92. The summed E-state index contributed by atoms with van der Waals surface area (Å²) in [6, 6.07) is 0.493. The second-order valence-corrected chi connectivity index (χ2v) is 11.3. The molecule has 2 fully saturated rings. The fraction of sp³-hybridized carbons (Fsp3) is 0.769. The summed E-state index contributed by atoms with van der Waals surface area (Å²) in [7, 11) is 1.92. The SMILES string of the molecule is CC(C)N(C(=O)[C@H]1CC[C@H]2[C@@H]3CC=C4N(C)C(=O)C=C[C@]4(C)[C@H]3CC[C@]12C)C(C)C. The molecule has 1 aliphatic heterocycles. The molecule has 4 aliphatic rings. The maximum absolute atomic E-state index is 13.7. The van der Waals surface area contributed by atoms with Crippen LogP contribution in [0, 0.1) is 34.5 Å². The summed E-state index contributed by atoms with van der Waals surface area (Å²) >= 11 is 0. The lowest BCUT2D eigenvalue weighted by atomic mass is 9.49. The number of carbonyl (C=O) groups excluding carboxylic acids is 2. The van der Waals surface area contributed by atoms with Crippen LogP contribution in [-0.2, 0) is 9.59 Å². The van der Waals surface area contributed by atoms with Crippen LogP contribution in [0.3, 0.4) is 0 Å². The molecule has 0 radical (unpaired) electrons. The molecular weight excluding hydrogens is 372 g/mol. The van der Waals surface area contributed by atoms with Crippen molar-refractivity contribution in [2.45, 2.75) is 85.7 Å². The predicted octanol–water partition coefficient (Wildman–Crippen LogP) is 5.01. The summed E-state index contributed by atoms with van der Waals surface area (Å²) in [5, 5.41) is 0. The number of fused-ring (bicyclic) bond motifs is 5. The highest BCUT2D eigenvalue weighted by atomic mass is 16.2. The highest BCUT2D eigenvalue weighted by Crippen LogP contribution is 2.65. The second kappa shape index (κ2) is 7.24. The van der Waals surface area contributed by atoms with E-state index < -0.39 is 0 Å². The Hall–Kier alpha value is -1.58. The smallest absolute Gasteiger partial charge is 0.250 e. The normalized spacial score (nSPS) is 40.2. The molecule has 30 heavy (non-hydrogen) atoms. The van der Waals surface area contributed by atoms with E-state index in [4.69, 9.17) is 0 Å². The lowest BCUT2D eigenvalue weighted by molar-refractivity contribution is -0.146. The van der Waals surface area contributed by atoms with Gasteiger partial charge in [0.2, 0.25) is 11.8 Å². The van der Waals surface area contributed by atoms with E-state index in [1.807, 2.05) is 11.9 Å². The van der Waals surface area contributed by atoms with Gasteiger partial charge in [0.15, 0.2) is 0 Å². The summed E-state index contributed by atoms with van der Waals surface area (Å²) in [5.74, 6) is 2.38. The molecule has 0 unspecified atom stereocenters. The lowest BCUT2D eigenvalue weighted by Gasteiger charge is -2.57. The van der Waals surface area contributed by atoms with Gasteiger partial charge in [0.05, 0.1) is 0 Å². The van der Waals surface area contributed by atoms with E-state index in [1.165, 1.54) is 5.70 Å². The quantitative estimate of drug-likeness (QED) is 0.653. The molecule has 0 bridgehead atoms. The van der Waals surface area contributed by atoms with Crippen molar-refractivity contribution in [1.29, 1.82) is 0 Å². The zero-order valence-corrected chi connectivity index (χ0v) is 19.9. The van der Waals surface area contributed by atoms with Crippen LogP contribution in [0.25, 0.3) is 0 Å².